The zero-order valence-corrected chi connectivity index (χ0v) is 22.8. The minimum atomic E-state index is -3.37. The molecule has 0 N–H and O–H groups in total. The van der Waals surface area contributed by atoms with Gasteiger partial charge in [0.25, 0.3) is 5.91 Å². The number of benzene rings is 1. The van der Waals surface area contributed by atoms with Gasteiger partial charge in [0.15, 0.2) is 15.5 Å². The first-order valence-electron chi connectivity index (χ1n) is 12.5. The van der Waals surface area contributed by atoms with E-state index in [1.807, 2.05) is 13.8 Å². The molecular weight excluding hydrogens is 514 g/mol. The van der Waals surface area contributed by atoms with E-state index in [1.54, 1.807) is 11.0 Å². The lowest BCUT2D eigenvalue weighted by atomic mass is 9.68. The Bertz CT molecular complexity index is 1520. The molecule has 8 nitrogen and oxygen atoms in total. The average molecular weight is 545 g/mol. The van der Waals surface area contributed by atoms with Crippen molar-refractivity contribution < 1.29 is 26.4 Å². The molecule has 2 aliphatic carbocycles. The topological polar surface area (TPSA) is 106 Å². The van der Waals surface area contributed by atoms with Gasteiger partial charge in [-0.1, -0.05) is 19.9 Å². The quantitative estimate of drug-likeness (QED) is 0.426. The van der Waals surface area contributed by atoms with Crippen molar-refractivity contribution in [2.45, 2.75) is 63.7 Å². The zero-order chi connectivity index (χ0) is 27.6. The molecule has 0 unspecified atom stereocenters. The smallest absolute Gasteiger partial charge is 0.276 e. The number of halogens is 2. The predicted molar refractivity (Wildman–Crippen MR) is 136 cm³/mol. The van der Waals surface area contributed by atoms with Crippen LogP contribution in [0.2, 0.25) is 0 Å². The summed E-state index contributed by atoms with van der Waals surface area (Å²) in [6.45, 7) is 8.41. The van der Waals surface area contributed by atoms with E-state index in [4.69, 9.17) is 4.42 Å². The fourth-order valence-corrected chi connectivity index (χ4v) is 6.85. The lowest BCUT2D eigenvalue weighted by molar-refractivity contribution is 0.0562. The Morgan fingerprint density at radius 3 is 2.53 bits per heavy atom. The van der Waals surface area contributed by atoms with E-state index in [0.29, 0.717) is 6.54 Å². The van der Waals surface area contributed by atoms with Crippen LogP contribution in [-0.2, 0) is 21.0 Å². The number of hydrogen-bond acceptors (Lipinski definition) is 7. The normalized spacial score (nSPS) is 21.6. The van der Waals surface area contributed by atoms with Crippen LogP contribution in [0, 0.1) is 17.0 Å². The van der Waals surface area contributed by atoms with Crippen molar-refractivity contribution in [3.8, 4) is 11.3 Å². The van der Waals surface area contributed by atoms with Crippen LogP contribution in [0.1, 0.15) is 74.1 Å². The Morgan fingerprint density at radius 2 is 1.89 bits per heavy atom. The Labute approximate surface area is 220 Å². The Kier molecular flexibility index (Phi) is 6.20. The number of rotatable bonds is 7. The van der Waals surface area contributed by atoms with Gasteiger partial charge in [0.05, 0.1) is 17.0 Å². The van der Waals surface area contributed by atoms with Crippen LogP contribution in [0.5, 0.6) is 0 Å². The second-order valence-electron chi connectivity index (χ2n) is 11.2. The summed E-state index contributed by atoms with van der Waals surface area (Å²) >= 11 is 0. The molecule has 3 aromatic rings. The molecule has 2 heterocycles. The van der Waals surface area contributed by atoms with Gasteiger partial charge in [-0.15, -0.1) is 0 Å². The highest BCUT2D eigenvalue weighted by molar-refractivity contribution is 7.89. The van der Waals surface area contributed by atoms with Crippen molar-refractivity contribution in [3.05, 3.63) is 65.0 Å². The van der Waals surface area contributed by atoms with Gasteiger partial charge in [-0.05, 0) is 61.8 Å². The maximum absolute atomic E-state index is 14.5. The summed E-state index contributed by atoms with van der Waals surface area (Å²) < 4.78 is 57.5. The van der Waals surface area contributed by atoms with Crippen molar-refractivity contribution in [1.29, 1.82) is 0 Å². The number of oxazole rings is 1. The SMILES string of the molecule is CC(C)N(C[C@@]12CC[C@@H](c3cc(-c4c(F)cccc4F)nnc31)C2(C)C)C(=O)c1coc(CS(C)(=O)=O)n1. The summed E-state index contributed by atoms with van der Waals surface area (Å²) in [6.07, 6.45) is 3.87. The van der Waals surface area contributed by atoms with Crippen LogP contribution in [0.4, 0.5) is 8.78 Å². The van der Waals surface area contributed by atoms with Crippen LogP contribution < -0.4 is 0 Å². The van der Waals surface area contributed by atoms with E-state index in [2.05, 4.69) is 29.0 Å². The summed E-state index contributed by atoms with van der Waals surface area (Å²) in [6, 6.07) is 5.25. The van der Waals surface area contributed by atoms with E-state index < -0.39 is 32.6 Å². The van der Waals surface area contributed by atoms with Crippen LogP contribution in [0.15, 0.2) is 34.9 Å². The van der Waals surface area contributed by atoms with Crippen LogP contribution in [-0.4, -0.2) is 53.2 Å². The third-order valence-electron chi connectivity index (χ3n) is 8.32. The number of amides is 1. The number of aromatic nitrogens is 3. The molecule has 38 heavy (non-hydrogen) atoms. The van der Waals surface area contributed by atoms with Crippen molar-refractivity contribution in [2.24, 2.45) is 5.41 Å². The van der Waals surface area contributed by atoms with Gasteiger partial charge in [0.2, 0.25) is 5.89 Å². The van der Waals surface area contributed by atoms with Gasteiger partial charge >= 0.3 is 0 Å². The lowest BCUT2D eigenvalue weighted by Gasteiger charge is -2.42. The van der Waals surface area contributed by atoms with Crippen LogP contribution >= 0.6 is 0 Å². The molecule has 1 saturated carbocycles. The molecule has 2 atom stereocenters. The fourth-order valence-electron chi connectivity index (χ4n) is 6.27. The summed E-state index contributed by atoms with van der Waals surface area (Å²) in [5.74, 6) is -2.12. The summed E-state index contributed by atoms with van der Waals surface area (Å²) in [5.41, 5.74) is 0.789. The molecule has 202 valence electrons. The van der Waals surface area contributed by atoms with Crippen molar-refractivity contribution >= 4 is 15.7 Å². The first-order chi connectivity index (χ1) is 17.7. The predicted octanol–water partition coefficient (Wildman–Crippen LogP) is 4.66. The molecule has 2 bridgehead atoms. The molecule has 11 heteroatoms. The Balaban J connectivity index is 1.52. The number of fused-ring (bicyclic) bond motifs is 5. The van der Waals surface area contributed by atoms with Crippen molar-refractivity contribution in [2.75, 3.05) is 12.8 Å². The van der Waals surface area contributed by atoms with Gasteiger partial charge in [-0.25, -0.2) is 22.2 Å². The molecule has 1 fully saturated rings. The second kappa shape index (κ2) is 8.93. The van der Waals surface area contributed by atoms with E-state index in [1.165, 1.54) is 24.5 Å². The second-order valence-corrected chi connectivity index (χ2v) is 13.4. The molecule has 0 spiro atoms. The molecule has 2 aromatic heterocycles. The van der Waals surface area contributed by atoms with E-state index >= 15 is 0 Å². The Hall–Kier alpha value is -3.21. The molecule has 5 rings (SSSR count). The van der Waals surface area contributed by atoms with E-state index in [9.17, 15) is 22.0 Å². The summed E-state index contributed by atoms with van der Waals surface area (Å²) in [7, 11) is -3.37. The van der Waals surface area contributed by atoms with Gasteiger partial charge in [0, 0.05) is 24.3 Å². The highest BCUT2D eigenvalue weighted by atomic mass is 32.2. The monoisotopic (exact) mass is 544 g/mol. The number of carbonyl (C=O) groups is 1. The molecular formula is C27H30F2N4O4S. The summed E-state index contributed by atoms with van der Waals surface area (Å²) in [4.78, 5) is 19.4. The third kappa shape index (κ3) is 4.11. The standard InChI is InChI=1S/C27H30F2N4O4S/c1-15(2)33(25(34)21-12-37-22(30-21)13-38(5,35)36)14-27-10-9-17(26(27,3)4)16-11-20(31-32-24(16)27)23-18(28)7-6-8-19(23)29/h6-8,11-12,15,17H,9-10,13-14H2,1-5H3/t17-,27-/m0/s1. The minimum Gasteiger partial charge on any atom is -0.447 e. The number of nitrogens with zero attached hydrogens (tertiary/aromatic N) is 4. The molecule has 0 aliphatic heterocycles. The van der Waals surface area contributed by atoms with E-state index in [0.717, 1.165) is 30.4 Å². The molecule has 1 aromatic carbocycles. The molecule has 0 saturated heterocycles. The maximum Gasteiger partial charge on any atom is 0.276 e. The van der Waals surface area contributed by atoms with Gasteiger partial charge in [-0.2, -0.15) is 10.2 Å². The van der Waals surface area contributed by atoms with Crippen LogP contribution in [0.3, 0.4) is 0 Å². The Morgan fingerprint density at radius 1 is 1.21 bits per heavy atom. The van der Waals surface area contributed by atoms with E-state index in [-0.39, 0.29) is 46.1 Å². The van der Waals surface area contributed by atoms with Gasteiger partial charge in [0.1, 0.15) is 23.7 Å². The zero-order valence-electron chi connectivity index (χ0n) is 22.0. The highest BCUT2D eigenvalue weighted by Crippen LogP contribution is 2.67. The first kappa shape index (κ1) is 26.4. The minimum absolute atomic E-state index is 0.0378. The lowest BCUT2D eigenvalue weighted by Crippen LogP contribution is -2.50. The third-order valence-corrected chi connectivity index (χ3v) is 9.09. The summed E-state index contributed by atoms with van der Waals surface area (Å²) in [5, 5.41) is 8.78. The highest BCUT2D eigenvalue weighted by Gasteiger charge is 2.64. The number of sulfone groups is 1. The van der Waals surface area contributed by atoms with Gasteiger partial charge in [-0.3, -0.25) is 4.79 Å². The largest absolute Gasteiger partial charge is 0.447 e. The number of hydrogen-bond donors (Lipinski definition) is 0. The molecule has 2 aliphatic rings. The average Bonchev–Trinajstić information content (AvgIpc) is 3.42. The number of carbonyl (C=O) groups excluding carboxylic acids is 1. The van der Waals surface area contributed by atoms with Crippen LogP contribution in [0.25, 0.3) is 11.3 Å². The van der Waals surface area contributed by atoms with Crippen molar-refractivity contribution in [1.82, 2.24) is 20.1 Å². The molecule has 1 amide bonds. The fraction of sp³-hybridized carbons (Fsp3) is 0.481. The first-order valence-corrected chi connectivity index (χ1v) is 14.6. The van der Waals surface area contributed by atoms with Crippen molar-refractivity contribution in [3.63, 3.8) is 0 Å². The molecule has 0 radical (unpaired) electrons. The van der Waals surface area contributed by atoms with Gasteiger partial charge < -0.3 is 9.32 Å². The maximum atomic E-state index is 14.5.